The van der Waals surface area contributed by atoms with Crippen molar-refractivity contribution < 1.29 is 19.4 Å². The minimum atomic E-state index is -0.436. The van der Waals surface area contributed by atoms with Gasteiger partial charge in [0.05, 0.1) is 12.4 Å². The predicted molar refractivity (Wildman–Crippen MR) is 137 cm³/mol. The van der Waals surface area contributed by atoms with Crippen LogP contribution in [0.3, 0.4) is 0 Å². The van der Waals surface area contributed by atoms with Crippen molar-refractivity contribution in [3.8, 4) is 0 Å². The van der Waals surface area contributed by atoms with Gasteiger partial charge in [-0.15, -0.1) is 0 Å². The number of aromatic nitrogens is 1. The molecule has 1 amide bonds. The number of carbonyl (C=O) groups excluding carboxylic acids is 1. The van der Waals surface area contributed by atoms with Crippen molar-refractivity contribution in [3.05, 3.63) is 71.3 Å². The average Bonchev–Trinajstić information content (AvgIpc) is 3.69. The number of allylic oxidation sites excluding steroid dienone is 1. The van der Waals surface area contributed by atoms with Gasteiger partial charge in [0.25, 0.3) is 5.91 Å². The fraction of sp³-hybridized carbons (Fsp3) is 0.464. The lowest BCUT2D eigenvalue weighted by molar-refractivity contribution is -0.146. The number of hydrogen-bond donors (Lipinski definition) is 2. The number of aliphatic hydroxyl groups excluding tert-OH is 1. The van der Waals surface area contributed by atoms with E-state index in [-0.39, 0.29) is 18.6 Å². The van der Waals surface area contributed by atoms with E-state index in [0.717, 1.165) is 47.5 Å². The normalized spacial score (nSPS) is 18.3. The smallest absolute Gasteiger partial charge is 0.253 e. The predicted octanol–water partition coefficient (Wildman–Crippen LogP) is 3.57. The summed E-state index contributed by atoms with van der Waals surface area (Å²) < 4.78 is 13.9. The van der Waals surface area contributed by atoms with Crippen LogP contribution in [-0.4, -0.2) is 58.9 Å². The average molecular weight is 480 g/mol. The molecule has 1 aromatic heterocycles. The summed E-state index contributed by atoms with van der Waals surface area (Å²) in [6, 6.07) is 10.3. The fourth-order valence-corrected chi connectivity index (χ4v) is 4.47. The number of rotatable bonds is 12. The molecule has 2 heterocycles. The Morgan fingerprint density at radius 2 is 2.14 bits per heavy atom. The minimum absolute atomic E-state index is 0.0509. The number of ether oxygens (including phenoxy) is 2. The van der Waals surface area contributed by atoms with Gasteiger partial charge < -0.3 is 29.4 Å². The fourth-order valence-electron chi connectivity index (χ4n) is 4.47. The maximum Gasteiger partial charge on any atom is 0.253 e. The molecule has 1 saturated heterocycles. The van der Waals surface area contributed by atoms with E-state index in [1.54, 1.807) is 0 Å². The number of nitrogens with one attached hydrogen (secondary N) is 1. The van der Waals surface area contributed by atoms with Gasteiger partial charge in [0.15, 0.2) is 0 Å². The molecular weight excluding hydrogens is 442 g/mol. The van der Waals surface area contributed by atoms with Crippen molar-refractivity contribution >= 4 is 18.1 Å². The summed E-state index contributed by atoms with van der Waals surface area (Å²) in [5.41, 5.74) is 4.13. The molecule has 2 N–H and O–H groups in total. The second-order valence-corrected chi connectivity index (χ2v) is 9.22. The number of benzene rings is 1. The van der Waals surface area contributed by atoms with E-state index in [1.807, 2.05) is 54.3 Å². The molecular formula is C28H37N3O4. The van der Waals surface area contributed by atoms with Gasteiger partial charge in [-0.1, -0.05) is 36.9 Å². The second-order valence-electron chi connectivity index (χ2n) is 9.22. The topological polar surface area (TPSA) is 76.0 Å². The van der Waals surface area contributed by atoms with Crippen LogP contribution in [0.25, 0.3) is 12.2 Å². The first-order valence-electron chi connectivity index (χ1n) is 12.5. The number of aliphatic hydroxyl groups is 1. The van der Waals surface area contributed by atoms with Crippen LogP contribution in [0.4, 0.5) is 0 Å². The molecule has 0 radical (unpaired) electrons. The minimum Gasteiger partial charge on any atom is -0.494 e. The van der Waals surface area contributed by atoms with Gasteiger partial charge in [-0.2, -0.15) is 0 Å². The highest BCUT2D eigenvalue weighted by Gasteiger charge is 2.37. The Kier molecular flexibility index (Phi) is 8.79. The third kappa shape index (κ3) is 6.63. The number of aryl methyl sites for hydroxylation is 1. The molecule has 0 bridgehead atoms. The van der Waals surface area contributed by atoms with Crippen LogP contribution in [0.15, 0.2) is 48.9 Å². The van der Waals surface area contributed by atoms with E-state index in [0.29, 0.717) is 39.3 Å². The zero-order valence-electron chi connectivity index (χ0n) is 20.6. The van der Waals surface area contributed by atoms with E-state index in [1.165, 1.54) is 0 Å². The summed E-state index contributed by atoms with van der Waals surface area (Å²) in [6.45, 7) is 9.68. The standard InChI is InChI=1S/C28H37N3O4/c1-3-26-25(16-21(2)35-20-22-8-5-4-6-9-22)23(18-30(26)13-7-14-32)19-31(24-10-11-24)28(33)27-17-29-12-15-34-27/h3-6,8-9,16,18,24,27,29,32H,1,7,10-15,17,19-20H2,2H3/b21-16+/t27-/m1/s1. The van der Waals surface area contributed by atoms with Crippen LogP contribution >= 0.6 is 0 Å². The van der Waals surface area contributed by atoms with E-state index in [4.69, 9.17) is 9.47 Å². The van der Waals surface area contributed by atoms with Gasteiger partial charge in [0.1, 0.15) is 12.7 Å². The van der Waals surface area contributed by atoms with Crippen LogP contribution < -0.4 is 5.32 Å². The van der Waals surface area contributed by atoms with Crippen LogP contribution in [0.1, 0.15) is 48.6 Å². The van der Waals surface area contributed by atoms with Crippen LogP contribution in [-0.2, 0) is 34.0 Å². The van der Waals surface area contributed by atoms with Crippen molar-refractivity contribution in [1.29, 1.82) is 0 Å². The summed E-state index contributed by atoms with van der Waals surface area (Å²) in [4.78, 5) is 15.4. The monoisotopic (exact) mass is 479 g/mol. The molecule has 35 heavy (non-hydrogen) atoms. The Morgan fingerprint density at radius 1 is 1.34 bits per heavy atom. The highest BCUT2D eigenvalue weighted by molar-refractivity contribution is 5.82. The van der Waals surface area contributed by atoms with Gasteiger partial charge in [-0.05, 0) is 49.5 Å². The van der Waals surface area contributed by atoms with Crippen molar-refractivity contribution in [3.63, 3.8) is 0 Å². The third-order valence-corrected chi connectivity index (χ3v) is 6.46. The van der Waals surface area contributed by atoms with Gasteiger partial charge in [-0.3, -0.25) is 4.79 Å². The molecule has 1 aromatic carbocycles. The lowest BCUT2D eigenvalue weighted by Gasteiger charge is -2.30. The van der Waals surface area contributed by atoms with Crippen molar-refractivity contribution in [2.75, 3.05) is 26.3 Å². The Balaban J connectivity index is 1.59. The Labute approximate surface area is 208 Å². The first-order valence-corrected chi connectivity index (χ1v) is 12.5. The summed E-state index contributed by atoms with van der Waals surface area (Å²) in [6.07, 6.45) is 8.23. The molecule has 188 valence electrons. The molecule has 7 nitrogen and oxygen atoms in total. The summed E-state index contributed by atoms with van der Waals surface area (Å²) >= 11 is 0. The van der Waals surface area contributed by atoms with Crippen LogP contribution in [0.2, 0.25) is 0 Å². The SMILES string of the molecule is C=Cc1c(/C=C(\C)OCc2ccccc2)c(CN(C(=O)[C@H]2CNCCO2)C2CC2)cn1CCCO. The maximum absolute atomic E-state index is 13.4. The van der Waals surface area contributed by atoms with Crippen molar-refractivity contribution in [2.24, 2.45) is 0 Å². The van der Waals surface area contributed by atoms with Gasteiger partial charge in [0, 0.05) is 56.3 Å². The number of carbonyl (C=O) groups is 1. The van der Waals surface area contributed by atoms with Crippen LogP contribution in [0, 0.1) is 0 Å². The molecule has 0 unspecified atom stereocenters. The molecule has 7 heteroatoms. The summed E-state index contributed by atoms with van der Waals surface area (Å²) in [5, 5.41) is 12.7. The zero-order valence-corrected chi connectivity index (χ0v) is 20.6. The Bertz CT molecular complexity index is 1020. The van der Waals surface area contributed by atoms with E-state index >= 15 is 0 Å². The zero-order chi connectivity index (χ0) is 24.6. The molecule has 1 saturated carbocycles. The van der Waals surface area contributed by atoms with Crippen molar-refractivity contribution in [2.45, 2.75) is 58.0 Å². The van der Waals surface area contributed by atoms with E-state index in [9.17, 15) is 9.90 Å². The number of morpholine rings is 1. The summed E-state index contributed by atoms with van der Waals surface area (Å²) in [5.74, 6) is 0.845. The molecule has 1 aliphatic carbocycles. The Morgan fingerprint density at radius 3 is 2.80 bits per heavy atom. The van der Waals surface area contributed by atoms with Gasteiger partial charge in [-0.25, -0.2) is 0 Å². The maximum atomic E-state index is 13.4. The van der Waals surface area contributed by atoms with Gasteiger partial charge in [0.2, 0.25) is 0 Å². The lowest BCUT2D eigenvalue weighted by Crippen LogP contribution is -2.49. The molecule has 0 spiro atoms. The van der Waals surface area contributed by atoms with Gasteiger partial charge >= 0.3 is 0 Å². The molecule has 4 rings (SSSR count). The number of nitrogens with zero attached hydrogens (tertiary/aromatic N) is 2. The molecule has 2 aliphatic rings. The second kappa shape index (κ2) is 12.2. The largest absolute Gasteiger partial charge is 0.494 e. The molecule has 2 aromatic rings. The van der Waals surface area contributed by atoms with Crippen molar-refractivity contribution in [1.82, 2.24) is 14.8 Å². The lowest BCUT2D eigenvalue weighted by atomic mass is 10.1. The highest BCUT2D eigenvalue weighted by Crippen LogP contribution is 2.32. The molecule has 1 aliphatic heterocycles. The quantitative estimate of drug-likeness (QED) is 0.455. The van der Waals surface area contributed by atoms with E-state index < -0.39 is 6.10 Å². The Hall–Kier alpha value is -2.87. The van der Waals surface area contributed by atoms with Crippen LogP contribution in [0.5, 0.6) is 0 Å². The first kappa shape index (κ1) is 25.2. The third-order valence-electron chi connectivity index (χ3n) is 6.46. The highest BCUT2D eigenvalue weighted by atomic mass is 16.5. The number of amides is 1. The molecule has 2 fully saturated rings. The number of hydrogen-bond acceptors (Lipinski definition) is 5. The van der Waals surface area contributed by atoms with E-state index in [2.05, 4.69) is 22.7 Å². The molecule has 1 atom stereocenters. The summed E-state index contributed by atoms with van der Waals surface area (Å²) in [7, 11) is 0. The first-order chi connectivity index (χ1) is 17.1.